The van der Waals surface area contributed by atoms with Gasteiger partial charge in [-0.1, -0.05) is 19.3 Å². The average molecular weight is 365 g/mol. The van der Waals surface area contributed by atoms with Crippen LogP contribution in [0.15, 0.2) is 0 Å². The largest absolute Gasteiger partial charge is 0.383 e. The van der Waals surface area contributed by atoms with Crippen LogP contribution < -0.4 is 10.6 Å². The van der Waals surface area contributed by atoms with Crippen LogP contribution in [0, 0.1) is 11.3 Å². The maximum atomic E-state index is 12.4. The standard InChI is InChI=1S/C18H31N5O3/c1-26-12-7-20-16(24)13-22-8-10-23(11-9-22)14-17(25)21-18(15-19)5-3-2-4-6-18/h2-14H2,1H3,(H,20,24)(H,21,25). The molecule has 1 saturated heterocycles. The van der Waals surface area contributed by atoms with Crippen LogP contribution in [0.2, 0.25) is 0 Å². The Morgan fingerprint density at radius 1 is 1.04 bits per heavy atom. The van der Waals surface area contributed by atoms with Crippen molar-refractivity contribution in [3.63, 3.8) is 0 Å². The fraction of sp³-hybridized carbons (Fsp3) is 0.833. The van der Waals surface area contributed by atoms with Gasteiger partial charge in [0, 0.05) is 39.8 Å². The van der Waals surface area contributed by atoms with Gasteiger partial charge in [0.2, 0.25) is 11.8 Å². The molecule has 0 spiro atoms. The molecule has 1 saturated carbocycles. The number of piperazine rings is 1. The highest BCUT2D eigenvalue weighted by Gasteiger charge is 2.34. The third kappa shape index (κ3) is 6.56. The molecule has 2 amide bonds. The SMILES string of the molecule is COCCNC(=O)CN1CCN(CC(=O)NC2(C#N)CCCCC2)CC1. The zero-order valence-corrected chi connectivity index (χ0v) is 15.8. The van der Waals surface area contributed by atoms with Gasteiger partial charge in [-0.05, 0) is 12.8 Å². The Kier molecular flexibility index (Phi) is 8.29. The summed E-state index contributed by atoms with van der Waals surface area (Å²) in [7, 11) is 1.61. The summed E-state index contributed by atoms with van der Waals surface area (Å²) in [5, 5.41) is 15.2. The molecule has 2 rings (SSSR count). The molecule has 8 heteroatoms. The summed E-state index contributed by atoms with van der Waals surface area (Å²) in [5.41, 5.74) is -0.669. The second kappa shape index (κ2) is 10.5. The Balaban J connectivity index is 1.67. The van der Waals surface area contributed by atoms with Crippen LogP contribution in [0.3, 0.4) is 0 Å². The highest BCUT2D eigenvalue weighted by atomic mass is 16.5. The van der Waals surface area contributed by atoms with Crippen LogP contribution in [-0.4, -0.2) is 86.7 Å². The van der Waals surface area contributed by atoms with E-state index in [1.807, 2.05) is 0 Å². The molecule has 0 unspecified atom stereocenters. The van der Waals surface area contributed by atoms with Crippen molar-refractivity contribution in [3.8, 4) is 6.07 Å². The fourth-order valence-corrected chi connectivity index (χ4v) is 3.59. The number of nitrogens with zero attached hydrogens (tertiary/aromatic N) is 3. The van der Waals surface area contributed by atoms with Gasteiger partial charge in [-0.3, -0.25) is 19.4 Å². The molecule has 26 heavy (non-hydrogen) atoms. The van der Waals surface area contributed by atoms with Crippen LogP contribution in [0.5, 0.6) is 0 Å². The molecule has 0 bridgehead atoms. The van der Waals surface area contributed by atoms with Gasteiger partial charge in [0.1, 0.15) is 5.54 Å². The molecule has 1 heterocycles. The van der Waals surface area contributed by atoms with Crippen LogP contribution in [-0.2, 0) is 14.3 Å². The zero-order chi connectivity index (χ0) is 18.8. The van der Waals surface area contributed by atoms with E-state index in [-0.39, 0.29) is 11.8 Å². The van der Waals surface area contributed by atoms with Gasteiger partial charge in [0.15, 0.2) is 0 Å². The lowest BCUT2D eigenvalue weighted by molar-refractivity contribution is -0.126. The molecule has 1 aliphatic heterocycles. The Labute approximate surface area is 155 Å². The quantitative estimate of drug-likeness (QED) is 0.574. The van der Waals surface area contributed by atoms with Crippen molar-refractivity contribution in [2.24, 2.45) is 0 Å². The number of amides is 2. The Bertz CT molecular complexity index is 505. The monoisotopic (exact) mass is 365 g/mol. The van der Waals surface area contributed by atoms with Crippen molar-refractivity contribution in [1.82, 2.24) is 20.4 Å². The second-order valence-corrected chi connectivity index (χ2v) is 7.20. The number of hydrogen-bond acceptors (Lipinski definition) is 6. The minimum Gasteiger partial charge on any atom is -0.383 e. The second-order valence-electron chi connectivity index (χ2n) is 7.20. The van der Waals surface area contributed by atoms with E-state index in [1.54, 1.807) is 7.11 Å². The van der Waals surface area contributed by atoms with Crippen LogP contribution in [0.25, 0.3) is 0 Å². The van der Waals surface area contributed by atoms with Gasteiger partial charge in [-0.15, -0.1) is 0 Å². The molecule has 0 radical (unpaired) electrons. The minimum atomic E-state index is -0.669. The van der Waals surface area contributed by atoms with Crippen molar-refractivity contribution in [2.45, 2.75) is 37.6 Å². The number of hydrogen-bond donors (Lipinski definition) is 2. The first kappa shape index (κ1) is 20.6. The van der Waals surface area contributed by atoms with Crippen molar-refractivity contribution in [1.29, 1.82) is 5.26 Å². The van der Waals surface area contributed by atoms with E-state index in [0.717, 1.165) is 58.3 Å². The Hall–Kier alpha value is -1.69. The predicted molar refractivity (Wildman–Crippen MR) is 97.3 cm³/mol. The summed E-state index contributed by atoms with van der Waals surface area (Å²) >= 11 is 0. The molecule has 8 nitrogen and oxygen atoms in total. The van der Waals surface area contributed by atoms with E-state index in [2.05, 4.69) is 26.5 Å². The molecule has 2 N–H and O–H groups in total. The average Bonchev–Trinajstić information content (AvgIpc) is 2.64. The summed E-state index contributed by atoms with van der Waals surface area (Å²) in [5.74, 6) is -0.0688. The highest BCUT2D eigenvalue weighted by molar-refractivity contribution is 5.79. The summed E-state index contributed by atoms with van der Waals surface area (Å²) in [6, 6.07) is 2.32. The van der Waals surface area contributed by atoms with Gasteiger partial charge in [-0.25, -0.2) is 0 Å². The summed E-state index contributed by atoms with van der Waals surface area (Å²) in [6.07, 6.45) is 4.64. The molecule has 2 aliphatic rings. The van der Waals surface area contributed by atoms with Crippen molar-refractivity contribution in [3.05, 3.63) is 0 Å². The number of nitrogens with one attached hydrogen (secondary N) is 2. The Morgan fingerprint density at radius 2 is 1.62 bits per heavy atom. The van der Waals surface area contributed by atoms with E-state index in [0.29, 0.717) is 26.2 Å². The highest BCUT2D eigenvalue weighted by Crippen LogP contribution is 2.27. The molecular weight excluding hydrogens is 334 g/mol. The van der Waals surface area contributed by atoms with Crippen LogP contribution in [0.4, 0.5) is 0 Å². The summed E-state index contributed by atoms with van der Waals surface area (Å²) in [6.45, 7) is 4.74. The molecule has 146 valence electrons. The molecule has 0 atom stereocenters. The van der Waals surface area contributed by atoms with E-state index < -0.39 is 5.54 Å². The van der Waals surface area contributed by atoms with Crippen molar-refractivity contribution in [2.75, 3.05) is 59.5 Å². The zero-order valence-electron chi connectivity index (χ0n) is 15.8. The first-order valence-electron chi connectivity index (χ1n) is 9.49. The number of carbonyl (C=O) groups is 2. The number of ether oxygens (including phenoxy) is 1. The fourth-order valence-electron chi connectivity index (χ4n) is 3.59. The maximum Gasteiger partial charge on any atom is 0.235 e. The van der Waals surface area contributed by atoms with Gasteiger partial charge in [-0.2, -0.15) is 5.26 Å². The predicted octanol–water partition coefficient (Wildman–Crippen LogP) is -0.291. The Morgan fingerprint density at radius 3 is 2.15 bits per heavy atom. The number of carbonyl (C=O) groups excluding carboxylic acids is 2. The number of methoxy groups -OCH3 is 1. The van der Waals surface area contributed by atoms with E-state index >= 15 is 0 Å². The van der Waals surface area contributed by atoms with Crippen LogP contribution >= 0.6 is 0 Å². The first-order chi connectivity index (χ1) is 12.6. The summed E-state index contributed by atoms with van der Waals surface area (Å²) < 4.78 is 4.91. The minimum absolute atomic E-state index is 0.00139. The lowest BCUT2D eigenvalue weighted by Crippen LogP contribution is -2.55. The third-order valence-electron chi connectivity index (χ3n) is 5.13. The first-order valence-corrected chi connectivity index (χ1v) is 9.49. The summed E-state index contributed by atoms with van der Waals surface area (Å²) in [4.78, 5) is 28.4. The normalized spacial score (nSPS) is 20.9. The molecule has 1 aliphatic carbocycles. The van der Waals surface area contributed by atoms with Crippen molar-refractivity contribution >= 4 is 11.8 Å². The topological polar surface area (TPSA) is 97.7 Å². The van der Waals surface area contributed by atoms with E-state index in [9.17, 15) is 14.9 Å². The van der Waals surface area contributed by atoms with E-state index in [4.69, 9.17) is 4.74 Å². The lowest BCUT2D eigenvalue weighted by atomic mass is 9.83. The third-order valence-corrected chi connectivity index (χ3v) is 5.13. The molecule has 0 aromatic carbocycles. The molecule has 0 aromatic heterocycles. The number of rotatable bonds is 8. The van der Waals surface area contributed by atoms with Crippen LogP contribution in [0.1, 0.15) is 32.1 Å². The van der Waals surface area contributed by atoms with Gasteiger partial charge >= 0.3 is 0 Å². The number of nitriles is 1. The molecule has 0 aromatic rings. The maximum absolute atomic E-state index is 12.4. The molecular formula is C18H31N5O3. The molecule has 2 fully saturated rings. The smallest absolute Gasteiger partial charge is 0.235 e. The lowest BCUT2D eigenvalue weighted by Gasteiger charge is -2.35. The van der Waals surface area contributed by atoms with Crippen molar-refractivity contribution < 1.29 is 14.3 Å². The van der Waals surface area contributed by atoms with Gasteiger partial charge in [0.25, 0.3) is 0 Å². The van der Waals surface area contributed by atoms with E-state index in [1.165, 1.54) is 0 Å². The van der Waals surface area contributed by atoms with Gasteiger partial charge < -0.3 is 15.4 Å². The van der Waals surface area contributed by atoms with Gasteiger partial charge in [0.05, 0.1) is 25.8 Å².